The Balaban J connectivity index is 1.77. The van der Waals surface area contributed by atoms with Crippen LogP contribution in [0.3, 0.4) is 0 Å². The van der Waals surface area contributed by atoms with Gasteiger partial charge in [0.05, 0.1) is 6.61 Å². The monoisotopic (exact) mass is 295 g/mol. The SMILES string of the molecule is CNc1nnc(SCCOc2cc(C)cc(C)c2)s1. The van der Waals surface area contributed by atoms with Crippen molar-refractivity contribution in [1.29, 1.82) is 0 Å². The third-order valence-electron chi connectivity index (χ3n) is 2.39. The molecule has 102 valence electrons. The fourth-order valence-corrected chi connectivity index (χ4v) is 3.27. The van der Waals surface area contributed by atoms with Crippen LogP contribution < -0.4 is 10.1 Å². The van der Waals surface area contributed by atoms with Crippen molar-refractivity contribution < 1.29 is 4.74 Å². The molecule has 0 saturated carbocycles. The fraction of sp³-hybridized carbons (Fsp3) is 0.385. The smallest absolute Gasteiger partial charge is 0.206 e. The lowest BCUT2D eigenvalue weighted by Crippen LogP contribution is -2.00. The average molecular weight is 295 g/mol. The van der Waals surface area contributed by atoms with Crippen LogP contribution in [0.5, 0.6) is 5.75 Å². The Kier molecular flexibility index (Phi) is 5.04. The molecule has 1 aromatic heterocycles. The Morgan fingerprint density at radius 1 is 1.21 bits per heavy atom. The summed E-state index contributed by atoms with van der Waals surface area (Å²) in [6, 6.07) is 6.26. The average Bonchev–Trinajstić information content (AvgIpc) is 2.81. The first-order valence-electron chi connectivity index (χ1n) is 6.02. The molecular weight excluding hydrogens is 278 g/mol. The maximum absolute atomic E-state index is 5.74. The van der Waals surface area contributed by atoms with Crippen LogP contribution in [0.4, 0.5) is 5.13 Å². The van der Waals surface area contributed by atoms with E-state index >= 15 is 0 Å². The Bertz CT molecular complexity index is 522. The van der Waals surface area contributed by atoms with Gasteiger partial charge >= 0.3 is 0 Å². The van der Waals surface area contributed by atoms with Crippen LogP contribution in [0.25, 0.3) is 0 Å². The minimum Gasteiger partial charge on any atom is -0.493 e. The standard InChI is InChI=1S/C13H17N3OS2/c1-9-6-10(2)8-11(7-9)17-4-5-18-13-16-15-12(14-3)19-13/h6-8H,4-5H2,1-3H3,(H,14,15). The molecule has 0 fully saturated rings. The minimum atomic E-state index is 0.669. The fourth-order valence-electron chi connectivity index (χ4n) is 1.67. The maximum Gasteiger partial charge on any atom is 0.206 e. The van der Waals surface area contributed by atoms with E-state index in [1.165, 1.54) is 11.1 Å². The zero-order chi connectivity index (χ0) is 13.7. The number of thioether (sulfide) groups is 1. The molecule has 6 heteroatoms. The predicted molar refractivity (Wildman–Crippen MR) is 81.6 cm³/mol. The predicted octanol–water partition coefficient (Wildman–Crippen LogP) is 3.37. The molecule has 0 bridgehead atoms. The van der Waals surface area contributed by atoms with Crippen molar-refractivity contribution in [1.82, 2.24) is 10.2 Å². The summed E-state index contributed by atoms with van der Waals surface area (Å²) < 4.78 is 6.71. The molecule has 1 heterocycles. The van der Waals surface area contributed by atoms with Crippen molar-refractivity contribution in [2.75, 3.05) is 24.7 Å². The van der Waals surface area contributed by atoms with Crippen LogP contribution in [-0.4, -0.2) is 29.6 Å². The highest BCUT2D eigenvalue weighted by molar-refractivity contribution is 8.01. The van der Waals surface area contributed by atoms with Gasteiger partial charge in [0.15, 0.2) is 4.34 Å². The number of aromatic nitrogens is 2. The van der Waals surface area contributed by atoms with Gasteiger partial charge in [0.2, 0.25) is 5.13 Å². The molecule has 0 atom stereocenters. The number of hydrogen-bond donors (Lipinski definition) is 1. The van der Waals surface area contributed by atoms with Crippen LogP contribution in [0, 0.1) is 13.8 Å². The second kappa shape index (κ2) is 6.77. The zero-order valence-corrected chi connectivity index (χ0v) is 12.9. The van der Waals surface area contributed by atoms with Crippen molar-refractivity contribution in [2.24, 2.45) is 0 Å². The Morgan fingerprint density at radius 3 is 2.58 bits per heavy atom. The third-order valence-corrected chi connectivity index (χ3v) is 4.43. The number of aryl methyl sites for hydroxylation is 2. The van der Waals surface area contributed by atoms with Gasteiger partial charge in [0.25, 0.3) is 0 Å². The van der Waals surface area contributed by atoms with Crippen LogP contribution in [0.15, 0.2) is 22.5 Å². The van der Waals surface area contributed by atoms with Crippen molar-refractivity contribution in [3.8, 4) is 5.75 Å². The number of anilines is 1. The van der Waals surface area contributed by atoms with E-state index in [2.05, 4.69) is 47.6 Å². The number of hydrogen-bond acceptors (Lipinski definition) is 6. The van der Waals surface area contributed by atoms with Crippen molar-refractivity contribution in [2.45, 2.75) is 18.2 Å². The Hall–Kier alpha value is -1.27. The van der Waals surface area contributed by atoms with Gasteiger partial charge in [-0.1, -0.05) is 29.2 Å². The first-order valence-corrected chi connectivity index (χ1v) is 7.83. The van der Waals surface area contributed by atoms with Gasteiger partial charge in [0.1, 0.15) is 5.75 Å². The lowest BCUT2D eigenvalue weighted by Gasteiger charge is -2.07. The lowest BCUT2D eigenvalue weighted by molar-refractivity contribution is 0.343. The molecule has 1 aromatic carbocycles. The second-order valence-corrected chi connectivity index (χ2v) is 6.46. The number of nitrogens with one attached hydrogen (secondary N) is 1. The van der Waals surface area contributed by atoms with E-state index in [0.29, 0.717) is 6.61 Å². The number of benzene rings is 1. The molecule has 4 nitrogen and oxygen atoms in total. The summed E-state index contributed by atoms with van der Waals surface area (Å²) in [4.78, 5) is 0. The third kappa shape index (κ3) is 4.40. The van der Waals surface area contributed by atoms with Gasteiger partial charge < -0.3 is 10.1 Å². The molecule has 0 aliphatic heterocycles. The highest BCUT2D eigenvalue weighted by atomic mass is 32.2. The summed E-state index contributed by atoms with van der Waals surface area (Å²) in [5.74, 6) is 1.80. The second-order valence-electron chi connectivity index (χ2n) is 4.14. The van der Waals surface area contributed by atoms with Crippen LogP contribution >= 0.6 is 23.1 Å². The van der Waals surface area contributed by atoms with E-state index < -0.39 is 0 Å². The first-order chi connectivity index (χ1) is 9.17. The summed E-state index contributed by atoms with van der Waals surface area (Å²) >= 11 is 3.22. The summed E-state index contributed by atoms with van der Waals surface area (Å²) in [6.45, 7) is 4.83. The maximum atomic E-state index is 5.74. The Morgan fingerprint density at radius 2 is 1.95 bits per heavy atom. The zero-order valence-electron chi connectivity index (χ0n) is 11.3. The van der Waals surface area contributed by atoms with E-state index in [9.17, 15) is 0 Å². The van der Waals surface area contributed by atoms with Crippen molar-refractivity contribution in [3.63, 3.8) is 0 Å². The van der Waals surface area contributed by atoms with Crippen LogP contribution in [-0.2, 0) is 0 Å². The molecule has 0 unspecified atom stereocenters. The highest BCUT2D eigenvalue weighted by Gasteiger charge is 2.03. The van der Waals surface area contributed by atoms with Gasteiger partial charge in [-0.3, -0.25) is 0 Å². The summed E-state index contributed by atoms with van der Waals surface area (Å²) in [5.41, 5.74) is 2.45. The van der Waals surface area contributed by atoms with Gasteiger partial charge in [0, 0.05) is 12.8 Å². The molecule has 1 N–H and O–H groups in total. The number of ether oxygens (including phenoxy) is 1. The lowest BCUT2D eigenvalue weighted by atomic mass is 10.1. The summed E-state index contributed by atoms with van der Waals surface area (Å²) in [6.07, 6.45) is 0. The molecule has 0 saturated heterocycles. The van der Waals surface area contributed by atoms with E-state index in [0.717, 1.165) is 21.0 Å². The van der Waals surface area contributed by atoms with Gasteiger partial charge in [-0.25, -0.2) is 0 Å². The Labute approximate surface area is 121 Å². The molecule has 0 aliphatic carbocycles. The topological polar surface area (TPSA) is 47.0 Å². The number of nitrogens with zero attached hydrogens (tertiary/aromatic N) is 2. The van der Waals surface area contributed by atoms with E-state index in [4.69, 9.17) is 4.74 Å². The van der Waals surface area contributed by atoms with Gasteiger partial charge in [-0.05, 0) is 37.1 Å². The minimum absolute atomic E-state index is 0.669. The highest BCUT2D eigenvalue weighted by Crippen LogP contribution is 2.25. The molecule has 2 aromatic rings. The van der Waals surface area contributed by atoms with Gasteiger partial charge in [-0.2, -0.15) is 0 Å². The quantitative estimate of drug-likeness (QED) is 0.654. The number of rotatable bonds is 6. The molecule has 0 amide bonds. The molecule has 0 spiro atoms. The molecule has 0 aliphatic rings. The van der Waals surface area contributed by atoms with Crippen LogP contribution in [0.2, 0.25) is 0 Å². The van der Waals surface area contributed by atoms with E-state index in [1.54, 1.807) is 23.1 Å². The van der Waals surface area contributed by atoms with Gasteiger partial charge in [-0.15, -0.1) is 10.2 Å². The van der Waals surface area contributed by atoms with E-state index in [-0.39, 0.29) is 0 Å². The van der Waals surface area contributed by atoms with Crippen molar-refractivity contribution in [3.05, 3.63) is 29.3 Å². The van der Waals surface area contributed by atoms with Crippen LogP contribution in [0.1, 0.15) is 11.1 Å². The molecule has 19 heavy (non-hydrogen) atoms. The summed E-state index contributed by atoms with van der Waals surface area (Å²) in [5, 5.41) is 11.9. The molecule has 2 rings (SSSR count). The summed E-state index contributed by atoms with van der Waals surface area (Å²) in [7, 11) is 1.85. The molecular formula is C13H17N3OS2. The van der Waals surface area contributed by atoms with E-state index in [1.807, 2.05) is 7.05 Å². The van der Waals surface area contributed by atoms with Crippen molar-refractivity contribution >= 4 is 28.2 Å². The first kappa shape index (κ1) is 14.1. The largest absolute Gasteiger partial charge is 0.493 e. The normalized spacial score (nSPS) is 10.5. The molecule has 0 radical (unpaired) electrons.